The molecule has 6 nitrogen and oxygen atoms in total. The van der Waals surface area contributed by atoms with Crippen molar-refractivity contribution in [3.05, 3.63) is 52.3 Å². The molecule has 3 heterocycles. The summed E-state index contributed by atoms with van der Waals surface area (Å²) in [6.07, 6.45) is 7.05. The van der Waals surface area contributed by atoms with Crippen LogP contribution in [-0.4, -0.2) is 41.0 Å². The third-order valence-corrected chi connectivity index (χ3v) is 7.22. The Kier molecular flexibility index (Phi) is 7.70. The SMILES string of the molecule is CCCCCCCCNC(=O)C1Cn2c(cc3ccc(OC)cc32)C(=O)N1Cc1cccs1. The number of carbonyl (C=O) groups is 2. The number of nitrogens with zero attached hydrogens (tertiary/aromatic N) is 2. The van der Waals surface area contributed by atoms with Crippen LogP contribution in [0.2, 0.25) is 0 Å². The normalized spacial score (nSPS) is 15.6. The Morgan fingerprint density at radius 2 is 1.97 bits per heavy atom. The van der Waals surface area contributed by atoms with Crippen LogP contribution in [0.3, 0.4) is 0 Å². The average molecular weight is 468 g/mol. The Bertz CT molecular complexity index is 1090. The highest BCUT2D eigenvalue weighted by atomic mass is 32.1. The summed E-state index contributed by atoms with van der Waals surface area (Å²) < 4.78 is 7.36. The van der Waals surface area contributed by atoms with Crippen LogP contribution in [0.15, 0.2) is 41.8 Å². The number of thiophene rings is 1. The number of hydrogen-bond acceptors (Lipinski definition) is 4. The van der Waals surface area contributed by atoms with Gasteiger partial charge in [0.2, 0.25) is 5.91 Å². The van der Waals surface area contributed by atoms with E-state index in [4.69, 9.17) is 4.74 Å². The minimum atomic E-state index is -0.547. The minimum absolute atomic E-state index is 0.0798. The second kappa shape index (κ2) is 10.9. The number of benzene rings is 1. The summed E-state index contributed by atoms with van der Waals surface area (Å²) in [6.45, 7) is 3.74. The van der Waals surface area contributed by atoms with Crippen molar-refractivity contribution in [3.63, 3.8) is 0 Å². The van der Waals surface area contributed by atoms with Crippen LogP contribution in [0.25, 0.3) is 10.9 Å². The lowest BCUT2D eigenvalue weighted by Crippen LogP contribution is -2.54. The maximum atomic E-state index is 13.6. The Morgan fingerprint density at radius 3 is 2.73 bits per heavy atom. The van der Waals surface area contributed by atoms with Gasteiger partial charge in [-0.25, -0.2) is 0 Å². The molecule has 0 aliphatic carbocycles. The summed E-state index contributed by atoms with van der Waals surface area (Å²) in [5, 5.41) is 6.08. The van der Waals surface area contributed by atoms with Crippen LogP contribution in [0.5, 0.6) is 5.75 Å². The second-order valence-electron chi connectivity index (χ2n) is 8.65. The summed E-state index contributed by atoms with van der Waals surface area (Å²) in [6, 6.07) is 11.2. The highest BCUT2D eigenvalue weighted by Gasteiger charge is 2.37. The lowest BCUT2D eigenvalue weighted by Gasteiger charge is -2.35. The zero-order valence-corrected chi connectivity index (χ0v) is 20.3. The van der Waals surface area contributed by atoms with Crippen molar-refractivity contribution in [2.75, 3.05) is 13.7 Å². The van der Waals surface area contributed by atoms with Gasteiger partial charge < -0.3 is 19.5 Å². The zero-order chi connectivity index (χ0) is 23.2. The molecule has 1 unspecified atom stereocenters. The molecule has 0 saturated carbocycles. The number of amides is 2. The number of aromatic nitrogens is 1. The van der Waals surface area contributed by atoms with E-state index in [0.717, 1.165) is 34.4 Å². The summed E-state index contributed by atoms with van der Waals surface area (Å²) >= 11 is 1.61. The molecule has 7 heteroatoms. The molecule has 1 aliphatic heterocycles. The fourth-order valence-corrected chi connectivity index (χ4v) is 5.21. The largest absolute Gasteiger partial charge is 0.497 e. The van der Waals surface area contributed by atoms with Crippen molar-refractivity contribution >= 4 is 34.1 Å². The maximum Gasteiger partial charge on any atom is 0.271 e. The van der Waals surface area contributed by atoms with E-state index in [2.05, 4.69) is 12.2 Å². The molecule has 2 aromatic heterocycles. The van der Waals surface area contributed by atoms with E-state index in [1.54, 1.807) is 23.3 Å². The predicted molar refractivity (Wildman–Crippen MR) is 133 cm³/mol. The fourth-order valence-electron chi connectivity index (χ4n) is 4.51. The van der Waals surface area contributed by atoms with Crippen LogP contribution < -0.4 is 10.1 Å². The molecule has 0 fully saturated rings. The summed E-state index contributed by atoms with van der Waals surface area (Å²) in [5.41, 5.74) is 1.54. The predicted octanol–water partition coefficient (Wildman–Crippen LogP) is 5.21. The second-order valence-corrected chi connectivity index (χ2v) is 9.68. The lowest BCUT2D eigenvalue weighted by atomic mass is 10.1. The smallest absolute Gasteiger partial charge is 0.271 e. The van der Waals surface area contributed by atoms with Crippen LogP contribution in [0.4, 0.5) is 0 Å². The molecular weight excluding hydrogens is 434 g/mol. The molecule has 1 aliphatic rings. The van der Waals surface area contributed by atoms with E-state index >= 15 is 0 Å². The Morgan fingerprint density at radius 1 is 1.15 bits per heavy atom. The molecule has 1 N–H and O–H groups in total. The third-order valence-electron chi connectivity index (χ3n) is 6.36. The van der Waals surface area contributed by atoms with Crippen molar-refractivity contribution in [1.29, 1.82) is 0 Å². The quantitative estimate of drug-likeness (QED) is 0.394. The van der Waals surface area contributed by atoms with Gasteiger partial charge in [-0.1, -0.05) is 45.1 Å². The van der Waals surface area contributed by atoms with Gasteiger partial charge in [-0.05, 0) is 36.1 Å². The molecular formula is C26H33N3O3S. The molecule has 0 saturated heterocycles. The number of ether oxygens (including phenoxy) is 1. The lowest BCUT2D eigenvalue weighted by molar-refractivity contribution is -0.126. The first-order valence-electron chi connectivity index (χ1n) is 11.9. The first-order chi connectivity index (χ1) is 16.1. The van der Waals surface area contributed by atoms with Crippen LogP contribution >= 0.6 is 11.3 Å². The van der Waals surface area contributed by atoms with Crippen molar-refractivity contribution < 1.29 is 14.3 Å². The molecule has 176 valence electrons. The van der Waals surface area contributed by atoms with E-state index in [9.17, 15) is 9.59 Å². The van der Waals surface area contributed by atoms with Gasteiger partial charge in [0.1, 0.15) is 17.5 Å². The maximum absolute atomic E-state index is 13.6. The molecule has 3 aromatic rings. The highest BCUT2D eigenvalue weighted by molar-refractivity contribution is 7.09. The van der Waals surface area contributed by atoms with Gasteiger partial charge in [0.05, 0.1) is 25.7 Å². The number of rotatable bonds is 11. The topological polar surface area (TPSA) is 63.6 Å². The van der Waals surface area contributed by atoms with Crippen LogP contribution in [0, 0.1) is 0 Å². The van der Waals surface area contributed by atoms with Gasteiger partial charge in [-0.15, -0.1) is 11.3 Å². The number of nitrogens with one attached hydrogen (secondary N) is 1. The standard InChI is InChI=1S/C26H33N3O3S/c1-3-4-5-6-7-8-13-27-25(30)24-18-28-22-16-20(32-2)12-11-19(22)15-23(28)26(31)29(24)17-21-10-9-14-33-21/h9-12,14-16,24H,3-8,13,17-18H2,1-2H3,(H,27,30). The van der Waals surface area contributed by atoms with Gasteiger partial charge in [-0.2, -0.15) is 0 Å². The molecule has 0 spiro atoms. The van der Waals surface area contributed by atoms with Crippen LogP contribution in [-0.2, 0) is 17.9 Å². The van der Waals surface area contributed by atoms with Gasteiger partial charge in [0.25, 0.3) is 5.91 Å². The van der Waals surface area contributed by atoms with Crippen molar-refractivity contribution in [2.45, 2.75) is 64.6 Å². The molecule has 0 bridgehead atoms. The number of carbonyl (C=O) groups excluding carboxylic acids is 2. The molecule has 33 heavy (non-hydrogen) atoms. The summed E-state index contributed by atoms with van der Waals surface area (Å²) in [4.78, 5) is 29.6. The Balaban J connectivity index is 1.53. The van der Waals surface area contributed by atoms with Gasteiger partial charge >= 0.3 is 0 Å². The first kappa shape index (κ1) is 23.4. The highest BCUT2D eigenvalue weighted by Crippen LogP contribution is 2.30. The average Bonchev–Trinajstić information content (AvgIpc) is 3.47. The molecule has 1 atom stereocenters. The number of hydrogen-bond donors (Lipinski definition) is 1. The number of unbranched alkanes of at least 4 members (excludes halogenated alkanes) is 5. The van der Waals surface area contributed by atoms with E-state index in [0.29, 0.717) is 25.3 Å². The fraction of sp³-hybridized carbons (Fsp3) is 0.462. The Labute approximate surface area is 199 Å². The first-order valence-corrected chi connectivity index (χ1v) is 12.8. The number of fused-ring (bicyclic) bond motifs is 3. The minimum Gasteiger partial charge on any atom is -0.497 e. The molecule has 2 amide bonds. The van der Waals surface area contributed by atoms with Gasteiger partial charge in [-0.3, -0.25) is 9.59 Å². The van der Waals surface area contributed by atoms with E-state index in [1.807, 2.05) is 46.3 Å². The van der Waals surface area contributed by atoms with Gasteiger partial charge in [0.15, 0.2) is 0 Å². The third kappa shape index (κ3) is 5.24. The van der Waals surface area contributed by atoms with Crippen molar-refractivity contribution in [3.8, 4) is 5.75 Å². The Hall–Kier alpha value is -2.80. The zero-order valence-electron chi connectivity index (χ0n) is 19.5. The van der Waals surface area contributed by atoms with Crippen LogP contribution in [0.1, 0.15) is 60.8 Å². The molecule has 0 radical (unpaired) electrons. The van der Waals surface area contributed by atoms with Crippen molar-refractivity contribution in [1.82, 2.24) is 14.8 Å². The molecule has 4 rings (SSSR count). The summed E-state index contributed by atoms with van der Waals surface area (Å²) in [5.74, 6) is 0.550. The van der Waals surface area contributed by atoms with E-state index in [1.165, 1.54) is 25.7 Å². The van der Waals surface area contributed by atoms with E-state index < -0.39 is 6.04 Å². The molecule has 1 aromatic carbocycles. The van der Waals surface area contributed by atoms with E-state index in [-0.39, 0.29) is 11.8 Å². The van der Waals surface area contributed by atoms with Crippen molar-refractivity contribution in [2.24, 2.45) is 0 Å². The summed E-state index contributed by atoms with van der Waals surface area (Å²) in [7, 11) is 1.63. The number of methoxy groups -OCH3 is 1. The monoisotopic (exact) mass is 467 g/mol. The van der Waals surface area contributed by atoms with Gasteiger partial charge in [0, 0.05) is 22.9 Å².